The molecule has 0 aliphatic carbocycles. The third-order valence-corrected chi connectivity index (χ3v) is 4.66. The van der Waals surface area contributed by atoms with E-state index in [9.17, 15) is 4.79 Å². The molecule has 1 aromatic carbocycles. The molecule has 2 rings (SSSR count). The Morgan fingerprint density at radius 2 is 2.05 bits per heavy atom. The second-order valence-corrected chi connectivity index (χ2v) is 6.76. The van der Waals surface area contributed by atoms with Crippen molar-refractivity contribution in [3.05, 3.63) is 34.9 Å². The highest BCUT2D eigenvalue weighted by atomic mass is 35.5. The van der Waals surface area contributed by atoms with Crippen LogP contribution in [0.5, 0.6) is 0 Å². The number of thioether (sulfide) groups is 1. The number of nitrogens with one attached hydrogen (secondary N) is 1. The van der Waals surface area contributed by atoms with E-state index in [2.05, 4.69) is 18.5 Å². The Labute approximate surface area is 136 Å². The number of halogens is 1. The number of unbranched alkanes of at least 4 members (excludes halogenated alkanes) is 1. The van der Waals surface area contributed by atoms with Crippen LogP contribution in [0.25, 0.3) is 0 Å². The van der Waals surface area contributed by atoms with Crippen LogP contribution in [0.15, 0.2) is 24.3 Å². The molecule has 0 bridgehead atoms. The van der Waals surface area contributed by atoms with Crippen LogP contribution in [0, 0.1) is 0 Å². The Balaban J connectivity index is 2.15. The molecule has 0 aromatic heterocycles. The van der Waals surface area contributed by atoms with E-state index < -0.39 is 0 Å². The molecule has 5 heteroatoms. The standard InChI is InChI=1S/C16H23ClN2OS/c1-3-4-5-14-16(20)19(10-11-21-2)15(18-14)12-6-8-13(17)9-7-12/h6-9,14-15,18H,3-5,10-11H2,1-2H3. The Morgan fingerprint density at radius 3 is 2.67 bits per heavy atom. The summed E-state index contributed by atoms with van der Waals surface area (Å²) in [6.07, 6.45) is 5.15. The van der Waals surface area contributed by atoms with Gasteiger partial charge in [-0.25, -0.2) is 0 Å². The average molecular weight is 327 g/mol. The van der Waals surface area contributed by atoms with Gasteiger partial charge >= 0.3 is 0 Å². The van der Waals surface area contributed by atoms with Crippen molar-refractivity contribution in [3.63, 3.8) is 0 Å². The number of nitrogens with zero attached hydrogens (tertiary/aromatic N) is 1. The van der Waals surface area contributed by atoms with Crippen molar-refractivity contribution in [2.75, 3.05) is 18.6 Å². The summed E-state index contributed by atoms with van der Waals surface area (Å²) in [5.74, 6) is 1.19. The molecule has 116 valence electrons. The Bertz CT molecular complexity index is 466. The number of rotatable bonds is 7. The van der Waals surface area contributed by atoms with E-state index in [0.29, 0.717) is 0 Å². The van der Waals surface area contributed by atoms with Crippen LogP contribution in [-0.4, -0.2) is 35.4 Å². The van der Waals surface area contributed by atoms with E-state index in [1.54, 1.807) is 11.8 Å². The fourth-order valence-corrected chi connectivity index (χ4v) is 3.15. The van der Waals surface area contributed by atoms with E-state index in [-0.39, 0.29) is 18.1 Å². The Kier molecular flexibility index (Phi) is 6.40. The first-order chi connectivity index (χ1) is 10.2. The molecule has 2 unspecified atom stereocenters. The molecule has 3 nitrogen and oxygen atoms in total. The van der Waals surface area contributed by atoms with Gasteiger partial charge in [-0.1, -0.05) is 43.5 Å². The van der Waals surface area contributed by atoms with Crippen LogP contribution in [-0.2, 0) is 4.79 Å². The number of hydrogen-bond donors (Lipinski definition) is 1. The third kappa shape index (κ3) is 4.15. The lowest BCUT2D eigenvalue weighted by Gasteiger charge is -2.24. The van der Waals surface area contributed by atoms with Crippen molar-refractivity contribution in [1.82, 2.24) is 10.2 Å². The number of amides is 1. The quantitative estimate of drug-likeness (QED) is 0.829. The van der Waals surface area contributed by atoms with Gasteiger partial charge in [0.1, 0.15) is 6.17 Å². The Hall–Kier alpha value is -0.710. The Morgan fingerprint density at radius 1 is 1.33 bits per heavy atom. The number of carbonyl (C=O) groups excluding carboxylic acids is 1. The lowest BCUT2D eigenvalue weighted by Crippen LogP contribution is -2.33. The molecule has 1 heterocycles. The molecule has 1 N–H and O–H groups in total. The zero-order chi connectivity index (χ0) is 15.2. The summed E-state index contributed by atoms with van der Waals surface area (Å²) in [5, 5.41) is 4.22. The molecule has 1 aliphatic rings. The molecule has 1 amide bonds. The van der Waals surface area contributed by atoms with Gasteiger partial charge in [-0.2, -0.15) is 11.8 Å². The average Bonchev–Trinajstić information content (AvgIpc) is 2.80. The number of hydrogen-bond acceptors (Lipinski definition) is 3. The number of carbonyl (C=O) groups is 1. The SMILES string of the molecule is CCCCC1NC(c2ccc(Cl)cc2)N(CCSC)C1=O. The van der Waals surface area contributed by atoms with Gasteiger partial charge in [0.25, 0.3) is 0 Å². The van der Waals surface area contributed by atoms with Crippen molar-refractivity contribution in [2.24, 2.45) is 0 Å². The van der Waals surface area contributed by atoms with Crippen molar-refractivity contribution in [3.8, 4) is 0 Å². The normalized spacial score (nSPS) is 22.0. The minimum absolute atomic E-state index is 0.0243. The van der Waals surface area contributed by atoms with E-state index in [1.807, 2.05) is 29.2 Å². The van der Waals surface area contributed by atoms with Crippen LogP contribution in [0.1, 0.15) is 37.9 Å². The largest absolute Gasteiger partial charge is 0.321 e. The van der Waals surface area contributed by atoms with Crippen LogP contribution in [0.4, 0.5) is 0 Å². The van der Waals surface area contributed by atoms with Gasteiger partial charge in [-0.05, 0) is 30.4 Å². The van der Waals surface area contributed by atoms with Gasteiger partial charge in [0, 0.05) is 17.3 Å². The zero-order valence-electron chi connectivity index (χ0n) is 12.6. The van der Waals surface area contributed by atoms with E-state index in [1.165, 1.54) is 0 Å². The first-order valence-corrected chi connectivity index (χ1v) is 9.25. The predicted molar refractivity (Wildman–Crippen MR) is 90.7 cm³/mol. The summed E-state index contributed by atoms with van der Waals surface area (Å²) >= 11 is 7.73. The number of benzene rings is 1. The first-order valence-electron chi connectivity index (χ1n) is 7.48. The summed E-state index contributed by atoms with van der Waals surface area (Å²) in [7, 11) is 0. The molecule has 2 atom stereocenters. The molecule has 1 aliphatic heterocycles. The van der Waals surface area contributed by atoms with Gasteiger partial charge in [0.15, 0.2) is 0 Å². The maximum absolute atomic E-state index is 12.6. The van der Waals surface area contributed by atoms with E-state index >= 15 is 0 Å². The van der Waals surface area contributed by atoms with Crippen molar-refractivity contribution >= 4 is 29.3 Å². The second-order valence-electron chi connectivity index (χ2n) is 5.34. The molecule has 0 spiro atoms. The zero-order valence-corrected chi connectivity index (χ0v) is 14.2. The third-order valence-electron chi connectivity index (χ3n) is 3.82. The molecule has 1 aromatic rings. The van der Waals surface area contributed by atoms with E-state index in [0.717, 1.165) is 42.1 Å². The molecule has 21 heavy (non-hydrogen) atoms. The van der Waals surface area contributed by atoms with Crippen molar-refractivity contribution in [1.29, 1.82) is 0 Å². The highest BCUT2D eigenvalue weighted by Gasteiger charge is 2.38. The smallest absolute Gasteiger partial charge is 0.241 e. The summed E-state index contributed by atoms with van der Waals surface area (Å²) in [6.45, 7) is 2.94. The summed E-state index contributed by atoms with van der Waals surface area (Å²) < 4.78 is 0. The lowest BCUT2D eigenvalue weighted by molar-refractivity contribution is -0.130. The highest BCUT2D eigenvalue weighted by molar-refractivity contribution is 7.98. The van der Waals surface area contributed by atoms with Gasteiger partial charge in [0.05, 0.1) is 6.04 Å². The maximum atomic E-state index is 12.6. The fourth-order valence-electron chi connectivity index (χ4n) is 2.64. The van der Waals surface area contributed by atoms with Gasteiger partial charge in [-0.15, -0.1) is 0 Å². The van der Waals surface area contributed by atoms with Gasteiger partial charge in [0.2, 0.25) is 5.91 Å². The summed E-state index contributed by atoms with van der Waals surface area (Å²) in [5.41, 5.74) is 1.10. The summed E-state index contributed by atoms with van der Waals surface area (Å²) in [4.78, 5) is 14.6. The molecule has 1 saturated heterocycles. The van der Waals surface area contributed by atoms with Gasteiger partial charge < -0.3 is 4.90 Å². The van der Waals surface area contributed by atoms with Crippen LogP contribution in [0.2, 0.25) is 5.02 Å². The topological polar surface area (TPSA) is 32.3 Å². The minimum atomic E-state index is -0.0486. The highest BCUT2D eigenvalue weighted by Crippen LogP contribution is 2.28. The lowest BCUT2D eigenvalue weighted by atomic mass is 10.1. The fraction of sp³-hybridized carbons (Fsp3) is 0.562. The molecular weight excluding hydrogens is 304 g/mol. The van der Waals surface area contributed by atoms with Crippen LogP contribution in [0.3, 0.4) is 0 Å². The second kappa shape index (κ2) is 8.06. The predicted octanol–water partition coefficient (Wildman–Crippen LogP) is 3.69. The van der Waals surface area contributed by atoms with Crippen molar-refractivity contribution in [2.45, 2.75) is 38.4 Å². The van der Waals surface area contributed by atoms with Gasteiger partial charge in [-0.3, -0.25) is 10.1 Å². The molecule has 0 radical (unpaired) electrons. The first kappa shape index (κ1) is 16.7. The summed E-state index contributed by atoms with van der Waals surface area (Å²) in [6, 6.07) is 7.72. The molecule has 0 saturated carbocycles. The van der Waals surface area contributed by atoms with Crippen LogP contribution >= 0.6 is 23.4 Å². The van der Waals surface area contributed by atoms with Crippen LogP contribution < -0.4 is 5.32 Å². The monoisotopic (exact) mass is 326 g/mol. The van der Waals surface area contributed by atoms with Crippen molar-refractivity contribution < 1.29 is 4.79 Å². The van der Waals surface area contributed by atoms with E-state index in [4.69, 9.17) is 11.6 Å². The molecule has 1 fully saturated rings. The minimum Gasteiger partial charge on any atom is -0.321 e. The maximum Gasteiger partial charge on any atom is 0.241 e. The molecular formula is C16H23ClN2OS.